The summed E-state index contributed by atoms with van der Waals surface area (Å²) < 4.78 is 5.66. The van der Waals surface area contributed by atoms with Gasteiger partial charge in [0.15, 0.2) is 0 Å². The van der Waals surface area contributed by atoms with Gasteiger partial charge in [-0.3, -0.25) is 4.90 Å². The quantitative estimate of drug-likeness (QED) is 0.801. The summed E-state index contributed by atoms with van der Waals surface area (Å²) >= 11 is 0. The van der Waals surface area contributed by atoms with Gasteiger partial charge in [-0.25, -0.2) is 0 Å². The van der Waals surface area contributed by atoms with Crippen LogP contribution >= 0.6 is 0 Å². The van der Waals surface area contributed by atoms with Crippen molar-refractivity contribution in [2.24, 2.45) is 11.1 Å². The zero-order valence-electron chi connectivity index (χ0n) is 11.5. The van der Waals surface area contributed by atoms with E-state index < -0.39 is 0 Å². The Morgan fingerprint density at radius 1 is 1.38 bits per heavy atom. The highest BCUT2D eigenvalue weighted by molar-refractivity contribution is 4.85. The smallest absolute Gasteiger partial charge is 0.0674 e. The van der Waals surface area contributed by atoms with E-state index in [1.165, 1.54) is 0 Å². The van der Waals surface area contributed by atoms with Crippen LogP contribution in [0.1, 0.15) is 41.0 Å². The molecule has 1 fully saturated rings. The maximum Gasteiger partial charge on any atom is 0.0674 e. The first-order chi connectivity index (χ1) is 7.33. The van der Waals surface area contributed by atoms with E-state index in [9.17, 15) is 0 Å². The van der Waals surface area contributed by atoms with Crippen LogP contribution in [0.3, 0.4) is 0 Å². The fraction of sp³-hybridized carbons (Fsp3) is 1.00. The van der Waals surface area contributed by atoms with Gasteiger partial charge in [-0.15, -0.1) is 0 Å². The van der Waals surface area contributed by atoms with Crippen LogP contribution in [-0.2, 0) is 4.74 Å². The molecule has 3 atom stereocenters. The van der Waals surface area contributed by atoms with Crippen molar-refractivity contribution < 1.29 is 4.74 Å². The largest absolute Gasteiger partial charge is 0.376 e. The van der Waals surface area contributed by atoms with Gasteiger partial charge < -0.3 is 10.5 Å². The summed E-state index contributed by atoms with van der Waals surface area (Å²) in [5.41, 5.74) is 6.27. The van der Waals surface area contributed by atoms with Crippen molar-refractivity contribution in [2.75, 3.05) is 19.7 Å². The van der Waals surface area contributed by atoms with E-state index in [4.69, 9.17) is 10.5 Å². The monoisotopic (exact) mass is 228 g/mol. The van der Waals surface area contributed by atoms with E-state index in [1.54, 1.807) is 0 Å². The Morgan fingerprint density at radius 2 is 2.00 bits per heavy atom. The van der Waals surface area contributed by atoms with Crippen LogP contribution < -0.4 is 5.73 Å². The van der Waals surface area contributed by atoms with E-state index in [0.29, 0.717) is 23.6 Å². The standard InChI is InChI=1S/C13H28N2O/c1-10-9-16-11(2)8-15(10)12(7-14)6-13(3,4)5/h10-12H,6-9,14H2,1-5H3. The zero-order valence-corrected chi connectivity index (χ0v) is 11.5. The van der Waals surface area contributed by atoms with Gasteiger partial charge in [0.2, 0.25) is 0 Å². The van der Waals surface area contributed by atoms with Crippen molar-refractivity contribution >= 4 is 0 Å². The Bertz CT molecular complexity index is 212. The zero-order chi connectivity index (χ0) is 12.3. The van der Waals surface area contributed by atoms with Gasteiger partial charge in [0, 0.05) is 25.2 Å². The van der Waals surface area contributed by atoms with Crippen LogP contribution in [-0.4, -0.2) is 42.8 Å². The SMILES string of the molecule is CC1CN(C(CN)CC(C)(C)C)C(C)CO1. The van der Waals surface area contributed by atoms with Crippen LogP contribution in [0.4, 0.5) is 0 Å². The molecule has 1 aliphatic heterocycles. The summed E-state index contributed by atoms with van der Waals surface area (Å²) in [6.45, 7) is 13.8. The van der Waals surface area contributed by atoms with Crippen LogP contribution in [0.2, 0.25) is 0 Å². The molecule has 1 saturated heterocycles. The van der Waals surface area contributed by atoms with Gasteiger partial charge >= 0.3 is 0 Å². The fourth-order valence-corrected chi connectivity index (χ4v) is 2.48. The lowest BCUT2D eigenvalue weighted by Crippen LogP contribution is -2.55. The van der Waals surface area contributed by atoms with Gasteiger partial charge in [0.25, 0.3) is 0 Å². The van der Waals surface area contributed by atoms with Gasteiger partial charge in [-0.1, -0.05) is 20.8 Å². The second-order valence-electron chi connectivity index (χ2n) is 6.34. The Balaban J connectivity index is 2.63. The molecule has 1 heterocycles. The Kier molecular flexibility index (Phi) is 4.77. The molecule has 3 unspecified atom stereocenters. The van der Waals surface area contributed by atoms with Crippen molar-refractivity contribution in [3.63, 3.8) is 0 Å². The predicted molar refractivity (Wildman–Crippen MR) is 68.5 cm³/mol. The summed E-state index contributed by atoms with van der Waals surface area (Å²) in [4.78, 5) is 2.53. The van der Waals surface area contributed by atoms with Gasteiger partial charge in [-0.2, -0.15) is 0 Å². The highest BCUT2D eigenvalue weighted by Gasteiger charge is 2.31. The van der Waals surface area contributed by atoms with E-state index >= 15 is 0 Å². The molecule has 3 heteroatoms. The predicted octanol–water partition coefficient (Wildman–Crippen LogP) is 1.86. The summed E-state index contributed by atoms with van der Waals surface area (Å²) in [5, 5.41) is 0. The Hall–Kier alpha value is -0.120. The Labute approximate surface area is 100 Å². The lowest BCUT2D eigenvalue weighted by atomic mass is 9.87. The van der Waals surface area contributed by atoms with Crippen LogP contribution in [0.5, 0.6) is 0 Å². The van der Waals surface area contributed by atoms with E-state index in [2.05, 4.69) is 39.5 Å². The highest BCUT2D eigenvalue weighted by atomic mass is 16.5. The molecule has 0 aliphatic carbocycles. The normalized spacial score (nSPS) is 30.4. The molecule has 0 radical (unpaired) electrons. The summed E-state index contributed by atoms with van der Waals surface area (Å²) in [6.07, 6.45) is 1.49. The number of nitrogens with zero attached hydrogens (tertiary/aromatic N) is 1. The van der Waals surface area contributed by atoms with E-state index in [-0.39, 0.29) is 0 Å². The molecular formula is C13H28N2O. The molecule has 3 nitrogen and oxygen atoms in total. The molecule has 0 aromatic rings. The summed E-state index contributed by atoms with van der Waals surface area (Å²) in [6, 6.07) is 0.980. The highest BCUT2D eigenvalue weighted by Crippen LogP contribution is 2.26. The summed E-state index contributed by atoms with van der Waals surface area (Å²) in [5.74, 6) is 0. The van der Waals surface area contributed by atoms with Gasteiger partial charge in [-0.05, 0) is 25.7 Å². The van der Waals surface area contributed by atoms with E-state index in [0.717, 1.165) is 26.1 Å². The first-order valence-electron chi connectivity index (χ1n) is 6.41. The average molecular weight is 228 g/mol. The van der Waals surface area contributed by atoms with Crippen molar-refractivity contribution in [2.45, 2.75) is 59.2 Å². The third-order valence-corrected chi connectivity index (χ3v) is 3.25. The number of nitrogens with two attached hydrogens (primary N) is 1. The second kappa shape index (κ2) is 5.48. The summed E-state index contributed by atoms with van der Waals surface area (Å²) in [7, 11) is 0. The number of hydrogen-bond acceptors (Lipinski definition) is 3. The van der Waals surface area contributed by atoms with Crippen molar-refractivity contribution in [3.05, 3.63) is 0 Å². The molecular weight excluding hydrogens is 200 g/mol. The van der Waals surface area contributed by atoms with Crippen molar-refractivity contribution in [1.29, 1.82) is 0 Å². The Morgan fingerprint density at radius 3 is 2.50 bits per heavy atom. The number of morpholine rings is 1. The van der Waals surface area contributed by atoms with Crippen LogP contribution in [0.15, 0.2) is 0 Å². The molecule has 1 aliphatic rings. The maximum absolute atomic E-state index is 5.94. The average Bonchev–Trinajstić information content (AvgIpc) is 2.17. The van der Waals surface area contributed by atoms with Gasteiger partial charge in [0.05, 0.1) is 12.7 Å². The molecule has 0 saturated carbocycles. The number of rotatable bonds is 3. The molecule has 0 spiro atoms. The molecule has 0 aromatic carbocycles. The third kappa shape index (κ3) is 4.04. The van der Waals surface area contributed by atoms with Gasteiger partial charge in [0.1, 0.15) is 0 Å². The van der Waals surface area contributed by atoms with Crippen molar-refractivity contribution in [3.8, 4) is 0 Å². The minimum absolute atomic E-state index is 0.338. The number of hydrogen-bond donors (Lipinski definition) is 1. The lowest BCUT2D eigenvalue weighted by molar-refractivity contribution is -0.0695. The second-order valence-corrected chi connectivity index (χ2v) is 6.34. The van der Waals surface area contributed by atoms with Crippen LogP contribution in [0, 0.1) is 5.41 Å². The minimum atomic E-state index is 0.338. The third-order valence-electron chi connectivity index (χ3n) is 3.25. The topological polar surface area (TPSA) is 38.5 Å². The maximum atomic E-state index is 5.94. The molecule has 16 heavy (non-hydrogen) atoms. The number of ether oxygens (including phenoxy) is 1. The van der Waals surface area contributed by atoms with Crippen molar-refractivity contribution in [1.82, 2.24) is 4.90 Å². The molecule has 0 aromatic heterocycles. The van der Waals surface area contributed by atoms with Crippen LogP contribution in [0.25, 0.3) is 0 Å². The molecule has 96 valence electrons. The first-order valence-corrected chi connectivity index (χ1v) is 6.41. The minimum Gasteiger partial charge on any atom is -0.376 e. The lowest BCUT2D eigenvalue weighted by Gasteiger charge is -2.43. The fourth-order valence-electron chi connectivity index (χ4n) is 2.48. The molecule has 1 rings (SSSR count). The molecule has 0 bridgehead atoms. The molecule has 2 N–H and O–H groups in total. The molecule has 0 amide bonds. The first kappa shape index (κ1) is 13.9. The van der Waals surface area contributed by atoms with E-state index in [1.807, 2.05) is 0 Å².